The molecule has 0 heterocycles. The second kappa shape index (κ2) is 46.6. The van der Waals surface area contributed by atoms with Gasteiger partial charge in [-0.2, -0.15) is 0 Å². The van der Waals surface area contributed by atoms with Crippen molar-refractivity contribution in [3.05, 3.63) is 0 Å². The Labute approximate surface area is 431 Å². The smallest absolute Gasteiger partial charge is 0.246 e. The molecule has 4 atom stereocenters. The zero-order chi connectivity index (χ0) is 54.3. The van der Waals surface area contributed by atoms with E-state index in [9.17, 15) is 38.4 Å². The number of nitrogens with two attached hydrogens (primary N) is 1. The maximum atomic E-state index is 12.9. The van der Waals surface area contributed by atoms with Gasteiger partial charge in [0.05, 0.1) is 64.2 Å². The second-order valence-electron chi connectivity index (χ2n) is 17.5. The minimum absolute atomic E-state index is 0.0341. The molecule has 0 aromatic rings. The summed E-state index contributed by atoms with van der Waals surface area (Å²) in [6.45, 7) is 8.76. The van der Waals surface area contributed by atoms with Crippen molar-refractivity contribution in [2.75, 3.05) is 99.2 Å². The summed E-state index contributed by atoms with van der Waals surface area (Å²) in [5.41, 5.74) is 5.28. The largest absolute Gasteiger partial charge is 0.411 e. The maximum Gasteiger partial charge on any atom is 0.246 e. The third-order valence-electron chi connectivity index (χ3n) is 11.0. The number of likely N-dealkylation sites (N-methyl/N-ethyl adjacent to an activating group) is 1. The van der Waals surface area contributed by atoms with Crippen molar-refractivity contribution >= 4 is 59.4 Å². The van der Waals surface area contributed by atoms with E-state index < -0.39 is 11.8 Å². The minimum Gasteiger partial charge on any atom is -0.411 e. The molecule has 0 rings (SSSR count). The van der Waals surface area contributed by atoms with Crippen LogP contribution in [-0.2, 0) is 57.3 Å². The predicted molar refractivity (Wildman–Crippen MR) is 273 cm³/mol. The van der Waals surface area contributed by atoms with Gasteiger partial charge in [0, 0.05) is 95.8 Å². The highest BCUT2D eigenvalue weighted by Crippen LogP contribution is 2.19. The first-order chi connectivity index (χ1) is 35.1. The lowest BCUT2D eigenvalue weighted by molar-refractivity contribution is -0.128. The minimum atomic E-state index is -0.422. The number of amides is 6. The van der Waals surface area contributed by atoms with Crippen molar-refractivity contribution in [2.45, 2.75) is 141 Å². The van der Waals surface area contributed by atoms with Gasteiger partial charge in [0.2, 0.25) is 35.4 Å². The molecule has 0 fully saturated rings. The van der Waals surface area contributed by atoms with Crippen molar-refractivity contribution in [1.29, 1.82) is 0 Å². The second-order valence-corrected chi connectivity index (χ2v) is 17.5. The molecule has 0 aliphatic carbocycles. The van der Waals surface area contributed by atoms with E-state index >= 15 is 0 Å². The van der Waals surface area contributed by atoms with E-state index in [0.717, 1.165) is 6.42 Å². The topological polar surface area (TPSA) is 361 Å². The third kappa shape index (κ3) is 41.9. The van der Waals surface area contributed by atoms with Crippen LogP contribution in [0.2, 0.25) is 0 Å². The van der Waals surface area contributed by atoms with E-state index in [-0.39, 0.29) is 163 Å². The van der Waals surface area contributed by atoms with Crippen LogP contribution in [0.3, 0.4) is 0 Å². The summed E-state index contributed by atoms with van der Waals surface area (Å²) >= 11 is 0. The number of Topliss-reactive ketones (excluding diaryl/α,β-unsaturated/α-hetero) is 2. The Bertz CT molecular complexity index is 1590. The average Bonchev–Trinajstić information content (AvgIpc) is 3.34. The lowest BCUT2D eigenvalue weighted by Gasteiger charge is -2.22. The molecular weight excluding hydrogens is 955 g/mol. The number of oxime groups is 2. The molecule has 0 aromatic carbocycles. The summed E-state index contributed by atoms with van der Waals surface area (Å²) in [6.07, 6.45) is 8.93. The number of hydrogen-bond acceptors (Lipinski definition) is 19. The van der Waals surface area contributed by atoms with Crippen molar-refractivity contribution in [3.8, 4) is 0 Å². The maximum absolute atomic E-state index is 12.9. The fraction of sp³-hybridized carbons (Fsp3) is 0.792. The number of hydrogen-bond donors (Lipinski definition) is 11. The van der Waals surface area contributed by atoms with E-state index in [1.807, 2.05) is 6.92 Å². The monoisotopic (exact) mass is 1040 g/mol. The first kappa shape index (κ1) is 67.8. The van der Waals surface area contributed by atoms with Crippen LogP contribution in [0.15, 0.2) is 10.3 Å². The summed E-state index contributed by atoms with van der Waals surface area (Å²) in [6, 6.07) is -1.22. The van der Waals surface area contributed by atoms with Crippen LogP contribution in [0.4, 0.5) is 0 Å². The summed E-state index contributed by atoms with van der Waals surface area (Å²) < 4.78 is 21.4. The van der Waals surface area contributed by atoms with Crippen molar-refractivity contribution < 1.29 is 67.7 Å². The fourth-order valence-corrected chi connectivity index (χ4v) is 6.94. The number of ether oxygens (including phenoxy) is 4. The van der Waals surface area contributed by atoms with Gasteiger partial charge in [-0.15, -0.1) is 10.3 Å². The highest BCUT2D eigenvalue weighted by Gasteiger charge is 2.22. The van der Waals surface area contributed by atoms with Gasteiger partial charge in [-0.1, -0.05) is 13.3 Å². The lowest BCUT2D eigenvalue weighted by atomic mass is 9.89. The van der Waals surface area contributed by atoms with Crippen LogP contribution in [0.1, 0.15) is 117 Å². The first-order valence-corrected chi connectivity index (χ1v) is 25.6. The third-order valence-corrected chi connectivity index (χ3v) is 11.0. The zero-order valence-electron chi connectivity index (χ0n) is 43.8. The average molecular weight is 1040 g/mol. The van der Waals surface area contributed by atoms with Crippen LogP contribution in [0.5, 0.6) is 0 Å². The molecule has 0 spiro atoms. The molecule has 0 radical (unpaired) electrons. The van der Waals surface area contributed by atoms with Crippen LogP contribution in [-0.4, -0.2) is 193 Å². The van der Waals surface area contributed by atoms with Crippen molar-refractivity contribution in [3.63, 3.8) is 0 Å². The number of primary amides is 1. The molecule has 12 N–H and O–H groups in total. The van der Waals surface area contributed by atoms with Gasteiger partial charge < -0.3 is 77.6 Å². The highest BCUT2D eigenvalue weighted by atomic mass is 16.5. The molecule has 6 amide bonds. The fourth-order valence-electron chi connectivity index (χ4n) is 6.94. The number of nitrogens with zero attached hydrogens (tertiary/aromatic N) is 2. The molecule has 73 heavy (non-hydrogen) atoms. The molecule has 25 heteroatoms. The molecule has 0 aliphatic rings. The normalized spacial score (nSPS) is 13.5. The molecule has 420 valence electrons. The van der Waals surface area contributed by atoms with E-state index in [1.165, 1.54) is 12.4 Å². The summed E-state index contributed by atoms with van der Waals surface area (Å²) in [5.74, 6) is -2.07. The summed E-state index contributed by atoms with van der Waals surface area (Å²) in [4.78, 5) is 98.1. The SMILES string of the molecule is CCCC(=O)[C@H](CCCCNC(=O)CCCC(=O)NCCOCCOCC(=O)NCCOCCOCC(=O)NCCCC[C@H](NC)C(N)=O)CC(=O)CCCC(=O)NC(CNC(C)/C=N/O)CNC(C)/C=N/O. The van der Waals surface area contributed by atoms with Crippen LogP contribution >= 0.6 is 0 Å². The molecule has 25 nitrogen and oxygen atoms in total. The van der Waals surface area contributed by atoms with Crippen LogP contribution < -0.4 is 48.3 Å². The van der Waals surface area contributed by atoms with Crippen molar-refractivity contribution in [1.82, 2.24) is 42.5 Å². The van der Waals surface area contributed by atoms with Gasteiger partial charge in [0.15, 0.2) is 0 Å². The number of carbonyl (C=O) groups excluding carboxylic acids is 8. The number of carbonyl (C=O) groups is 8. The Morgan fingerprint density at radius 3 is 1.53 bits per heavy atom. The van der Waals surface area contributed by atoms with Crippen LogP contribution in [0.25, 0.3) is 0 Å². The highest BCUT2D eigenvalue weighted by molar-refractivity contribution is 5.88. The molecule has 0 aromatic heterocycles. The predicted octanol–water partition coefficient (Wildman–Crippen LogP) is -0.422. The number of ketones is 2. The van der Waals surface area contributed by atoms with Crippen molar-refractivity contribution in [2.24, 2.45) is 22.0 Å². The van der Waals surface area contributed by atoms with Gasteiger partial charge in [0.25, 0.3) is 0 Å². The van der Waals surface area contributed by atoms with Gasteiger partial charge in [-0.25, -0.2) is 0 Å². The van der Waals surface area contributed by atoms with E-state index in [0.29, 0.717) is 84.0 Å². The molecular formula is C48H89N11O14. The van der Waals surface area contributed by atoms with E-state index in [4.69, 9.17) is 35.1 Å². The lowest BCUT2D eigenvalue weighted by Crippen LogP contribution is -2.51. The van der Waals surface area contributed by atoms with Gasteiger partial charge in [-0.3, -0.25) is 38.4 Å². The Kier molecular flexibility index (Phi) is 43.3. The summed E-state index contributed by atoms with van der Waals surface area (Å²) in [5, 5.41) is 46.6. The van der Waals surface area contributed by atoms with Gasteiger partial charge in [-0.05, 0) is 72.3 Å². The number of rotatable bonds is 50. The van der Waals surface area contributed by atoms with E-state index in [2.05, 4.69) is 52.8 Å². The molecule has 0 bridgehead atoms. The molecule has 0 aliphatic heterocycles. The van der Waals surface area contributed by atoms with E-state index in [1.54, 1.807) is 20.9 Å². The van der Waals surface area contributed by atoms with Gasteiger partial charge in [0.1, 0.15) is 24.8 Å². The zero-order valence-corrected chi connectivity index (χ0v) is 43.8. The Balaban J connectivity index is 4.06. The Morgan fingerprint density at radius 1 is 0.562 bits per heavy atom. The molecule has 0 saturated heterocycles. The first-order valence-electron chi connectivity index (χ1n) is 25.6. The molecule has 2 unspecified atom stereocenters. The molecule has 0 saturated carbocycles. The summed E-state index contributed by atoms with van der Waals surface area (Å²) in [7, 11) is 1.67. The standard InChI is InChI=1S/C48H89N11O14/c1-5-12-42(61)38(29-40(60)14-10-18-45(64)59-39(32-55-36(2)30-57-68)33-56-37(3)31-58-69)13-6-8-19-51-43(62)16-11-17-44(63)53-21-23-70-25-28-73-35-47(66)54-22-24-71-26-27-72-34-46(65)52-20-9-7-15-41(50-4)48(49)67/h30-31,36-39,41,50,55-56,68-69H,5-29,32-35H2,1-4H3,(H2,49,67)(H,51,62)(H,52,65)(H,53,63)(H,54,66)(H,59,64)/b57-30+,58-31+/t36?,37?,38-,39?,41+/m1/s1. The Morgan fingerprint density at radius 2 is 1.03 bits per heavy atom. The van der Waals surface area contributed by atoms with Crippen LogP contribution in [0, 0.1) is 5.92 Å². The quantitative estimate of drug-likeness (QED) is 0.0159. The van der Waals surface area contributed by atoms with Gasteiger partial charge >= 0.3 is 0 Å². The number of nitrogens with one attached hydrogen (secondary N) is 8. The Hall–Kier alpha value is -5.18. The number of unbranched alkanes of at least 4 members (excludes halogenated alkanes) is 2.